The summed E-state index contributed by atoms with van der Waals surface area (Å²) < 4.78 is 1.97. The van der Waals surface area contributed by atoms with Gasteiger partial charge < -0.3 is 0 Å². The van der Waals surface area contributed by atoms with Gasteiger partial charge in [-0.05, 0) is 47.8 Å². The topological polar surface area (TPSA) is 28.6 Å². The molecular formula is C15H18N3+. The number of aryl methyl sites for hydroxylation is 3. The van der Waals surface area contributed by atoms with E-state index in [0.29, 0.717) is 0 Å². The Bertz CT molecular complexity index is 556. The molecule has 3 heteroatoms. The van der Waals surface area contributed by atoms with Gasteiger partial charge in [-0.2, -0.15) is 0 Å². The number of pyridine rings is 1. The third-order valence-corrected chi connectivity index (χ3v) is 2.87. The maximum absolute atomic E-state index is 4.26. The van der Waals surface area contributed by atoms with Crippen molar-refractivity contribution in [3.63, 3.8) is 0 Å². The van der Waals surface area contributed by atoms with Crippen LogP contribution in [0.15, 0.2) is 52.8 Å². The number of azo groups is 1. The molecule has 0 saturated heterocycles. The smallest absolute Gasteiger partial charge is 0.232 e. The number of benzene rings is 1. The van der Waals surface area contributed by atoms with E-state index in [1.165, 1.54) is 11.1 Å². The van der Waals surface area contributed by atoms with Crippen molar-refractivity contribution in [1.29, 1.82) is 0 Å². The van der Waals surface area contributed by atoms with Crippen molar-refractivity contribution < 1.29 is 4.57 Å². The van der Waals surface area contributed by atoms with Crippen LogP contribution in [0.4, 0.5) is 11.5 Å². The molecule has 92 valence electrons. The van der Waals surface area contributed by atoms with Crippen LogP contribution in [0.5, 0.6) is 0 Å². The Morgan fingerprint density at radius 3 is 2.33 bits per heavy atom. The predicted octanol–water partition coefficient (Wildman–Crippen LogP) is 3.80. The van der Waals surface area contributed by atoms with Crippen molar-refractivity contribution in [2.24, 2.45) is 17.3 Å². The van der Waals surface area contributed by atoms with Crippen LogP contribution in [0.3, 0.4) is 0 Å². The summed E-state index contributed by atoms with van der Waals surface area (Å²) in [5, 5.41) is 8.51. The number of nitrogens with zero attached hydrogens (tertiary/aromatic N) is 3. The second kappa shape index (κ2) is 5.54. The maximum atomic E-state index is 4.26. The Balaban J connectivity index is 2.19. The lowest BCUT2D eigenvalue weighted by molar-refractivity contribution is -0.658. The highest BCUT2D eigenvalue weighted by atomic mass is 15.2. The van der Waals surface area contributed by atoms with E-state index in [1.54, 1.807) is 0 Å². The lowest BCUT2D eigenvalue weighted by Gasteiger charge is -1.95. The van der Waals surface area contributed by atoms with Gasteiger partial charge in [0.25, 0.3) is 0 Å². The predicted molar refractivity (Wildman–Crippen MR) is 72.4 cm³/mol. The fourth-order valence-electron chi connectivity index (χ4n) is 1.75. The molecule has 0 atom stereocenters. The van der Waals surface area contributed by atoms with Crippen LogP contribution in [0.1, 0.15) is 18.1 Å². The molecule has 1 aromatic heterocycles. The molecule has 0 aliphatic heterocycles. The standard InChI is InChI=1S/C15H18N3/c1-4-13-6-8-14(9-7-13)16-17-15-10-5-12(2)11-18(15)3/h5-11H,4H2,1-3H3/q+1. The minimum absolute atomic E-state index is 0.847. The molecule has 0 aliphatic carbocycles. The van der Waals surface area contributed by atoms with E-state index in [0.717, 1.165) is 17.9 Å². The van der Waals surface area contributed by atoms with Crippen LogP contribution in [0.2, 0.25) is 0 Å². The van der Waals surface area contributed by atoms with E-state index in [9.17, 15) is 0 Å². The SMILES string of the molecule is CCc1ccc(N=Nc2ccc(C)c[n+]2C)cc1. The van der Waals surface area contributed by atoms with Crippen molar-refractivity contribution in [1.82, 2.24) is 0 Å². The molecule has 1 aromatic carbocycles. The first-order valence-electron chi connectivity index (χ1n) is 6.16. The maximum Gasteiger partial charge on any atom is 0.350 e. The summed E-state index contributed by atoms with van der Waals surface area (Å²) in [5.41, 5.74) is 3.41. The molecule has 0 unspecified atom stereocenters. The first kappa shape index (κ1) is 12.4. The first-order valence-corrected chi connectivity index (χ1v) is 6.16. The second-order valence-corrected chi connectivity index (χ2v) is 4.40. The van der Waals surface area contributed by atoms with Crippen molar-refractivity contribution in [3.05, 3.63) is 53.7 Å². The summed E-state index contributed by atoms with van der Waals surface area (Å²) in [7, 11) is 1.97. The molecule has 0 aliphatic rings. The largest absolute Gasteiger partial charge is 0.350 e. The zero-order chi connectivity index (χ0) is 13.0. The minimum Gasteiger partial charge on any atom is -0.232 e. The van der Waals surface area contributed by atoms with Gasteiger partial charge in [-0.25, -0.2) is 4.57 Å². The lowest BCUT2D eigenvalue weighted by Crippen LogP contribution is -2.27. The highest BCUT2D eigenvalue weighted by molar-refractivity contribution is 5.38. The molecule has 0 N–H and O–H groups in total. The van der Waals surface area contributed by atoms with Gasteiger partial charge in [0.15, 0.2) is 0 Å². The molecular weight excluding hydrogens is 222 g/mol. The molecule has 2 aromatic rings. The Kier molecular flexibility index (Phi) is 3.82. The Labute approximate surface area is 108 Å². The van der Waals surface area contributed by atoms with Crippen molar-refractivity contribution in [3.8, 4) is 0 Å². The monoisotopic (exact) mass is 240 g/mol. The van der Waals surface area contributed by atoms with Gasteiger partial charge in [-0.15, -0.1) is 0 Å². The number of hydrogen-bond donors (Lipinski definition) is 0. The summed E-state index contributed by atoms with van der Waals surface area (Å²) in [6.45, 7) is 4.20. The number of rotatable bonds is 3. The van der Waals surface area contributed by atoms with Crippen molar-refractivity contribution in [2.45, 2.75) is 20.3 Å². The van der Waals surface area contributed by atoms with Crippen LogP contribution in [-0.2, 0) is 13.5 Å². The second-order valence-electron chi connectivity index (χ2n) is 4.40. The molecule has 0 radical (unpaired) electrons. The van der Waals surface area contributed by atoms with Crippen LogP contribution in [0.25, 0.3) is 0 Å². The third kappa shape index (κ3) is 3.00. The molecule has 1 heterocycles. The van der Waals surface area contributed by atoms with Crippen molar-refractivity contribution in [2.75, 3.05) is 0 Å². The average molecular weight is 240 g/mol. The van der Waals surface area contributed by atoms with Gasteiger partial charge in [-0.3, -0.25) is 0 Å². The van der Waals surface area contributed by atoms with Gasteiger partial charge in [0.2, 0.25) is 0 Å². The van der Waals surface area contributed by atoms with E-state index in [1.807, 2.05) is 42.1 Å². The highest BCUT2D eigenvalue weighted by Gasteiger charge is 2.05. The zero-order valence-electron chi connectivity index (χ0n) is 11.1. The van der Waals surface area contributed by atoms with Crippen molar-refractivity contribution >= 4 is 11.5 Å². The van der Waals surface area contributed by atoms with Gasteiger partial charge in [0.1, 0.15) is 5.69 Å². The van der Waals surface area contributed by atoms with E-state index >= 15 is 0 Å². The van der Waals surface area contributed by atoms with E-state index < -0.39 is 0 Å². The van der Waals surface area contributed by atoms with Crippen LogP contribution >= 0.6 is 0 Å². The van der Waals surface area contributed by atoms with Crippen LogP contribution in [0, 0.1) is 6.92 Å². The highest BCUT2D eigenvalue weighted by Crippen LogP contribution is 2.16. The Hall–Kier alpha value is -2.03. The van der Waals surface area contributed by atoms with E-state index in [-0.39, 0.29) is 0 Å². The quantitative estimate of drug-likeness (QED) is 0.577. The molecule has 3 nitrogen and oxygen atoms in total. The Morgan fingerprint density at radius 2 is 1.72 bits per heavy atom. The van der Waals surface area contributed by atoms with E-state index in [4.69, 9.17) is 0 Å². The fraction of sp³-hybridized carbons (Fsp3) is 0.267. The minimum atomic E-state index is 0.847. The fourth-order valence-corrected chi connectivity index (χ4v) is 1.75. The van der Waals surface area contributed by atoms with Crippen LogP contribution < -0.4 is 4.57 Å². The summed E-state index contributed by atoms with van der Waals surface area (Å²) in [6.07, 6.45) is 3.08. The van der Waals surface area contributed by atoms with E-state index in [2.05, 4.69) is 36.2 Å². The Morgan fingerprint density at radius 1 is 1.00 bits per heavy atom. The normalized spacial score (nSPS) is 11.1. The summed E-state index contributed by atoms with van der Waals surface area (Å²) in [6, 6.07) is 12.2. The molecule has 0 spiro atoms. The summed E-state index contributed by atoms with van der Waals surface area (Å²) >= 11 is 0. The molecule has 0 amide bonds. The number of aromatic nitrogens is 1. The molecule has 2 rings (SSSR count). The number of hydrogen-bond acceptors (Lipinski definition) is 2. The van der Waals surface area contributed by atoms with Crippen LogP contribution in [-0.4, -0.2) is 0 Å². The molecule has 0 fully saturated rings. The summed E-state index contributed by atoms with van der Waals surface area (Å²) in [4.78, 5) is 0. The summed E-state index contributed by atoms with van der Waals surface area (Å²) in [5.74, 6) is 0.847. The average Bonchev–Trinajstić information content (AvgIpc) is 2.38. The van der Waals surface area contributed by atoms with Gasteiger partial charge in [-0.1, -0.05) is 19.1 Å². The van der Waals surface area contributed by atoms with Gasteiger partial charge in [0, 0.05) is 6.07 Å². The zero-order valence-corrected chi connectivity index (χ0v) is 11.1. The van der Waals surface area contributed by atoms with Gasteiger partial charge >= 0.3 is 5.82 Å². The molecule has 18 heavy (non-hydrogen) atoms. The molecule has 0 saturated carbocycles. The first-order chi connectivity index (χ1) is 8.69. The third-order valence-electron chi connectivity index (χ3n) is 2.87. The van der Waals surface area contributed by atoms with Gasteiger partial charge in [0.05, 0.1) is 18.4 Å². The lowest BCUT2D eigenvalue weighted by atomic mass is 10.2. The molecule has 0 bridgehead atoms.